The van der Waals surface area contributed by atoms with Gasteiger partial charge >= 0.3 is 0 Å². The van der Waals surface area contributed by atoms with Crippen LogP contribution in [-0.2, 0) is 0 Å². The molecular weight excluding hydrogens is 415 g/mol. The largest absolute Gasteiger partial charge is 0.494 e. The average Bonchev–Trinajstić information content (AvgIpc) is 3.34. The van der Waals surface area contributed by atoms with Gasteiger partial charge in [0.15, 0.2) is 11.2 Å². The zero-order chi connectivity index (χ0) is 22.4. The molecule has 4 aromatic rings. The molecule has 3 heterocycles. The van der Waals surface area contributed by atoms with Gasteiger partial charge in [-0.2, -0.15) is 0 Å². The number of carbonyl (C=O) groups excluding carboxylic acids is 1. The summed E-state index contributed by atoms with van der Waals surface area (Å²) in [6.45, 7) is 4.24. The van der Waals surface area contributed by atoms with Gasteiger partial charge in [-0.05, 0) is 49.2 Å². The molecule has 0 radical (unpaired) electrons. The van der Waals surface area contributed by atoms with Gasteiger partial charge in [0.25, 0.3) is 5.91 Å². The number of hydrogen-bond acceptors (Lipinski definition) is 6. The van der Waals surface area contributed by atoms with Gasteiger partial charge in [-0.1, -0.05) is 24.2 Å². The molecule has 0 spiro atoms. The van der Waals surface area contributed by atoms with E-state index in [0.717, 1.165) is 12.5 Å². The molecule has 1 atom stereocenters. The average molecular weight is 434 g/mol. The molecule has 2 aromatic heterocycles. The number of ether oxygens (including phenoxy) is 1. The second-order valence-corrected chi connectivity index (χ2v) is 7.61. The van der Waals surface area contributed by atoms with Crippen molar-refractivity contribution in [2.45, 2.75) is 26.3 Å². The van der Waals surface area contributed by atoms with E-state index in [4.69, 9.17) is 13.7 Å². The molecule has 1 unspecified atom stereocenters. The van der Waals surface area contributed by atoms with E-state index in [9.17, 15) is 14.0 Å². The molecule has 0 saturated carbocycles. The molecule has 0 bridgehead atoms. The second-order valence-electron chi connectivity index (χ2n) is 7.61. The number of carbonyl (C=O) groups is 1. The van der Waals surface area contributed by atoms with Crippen molar-refractivity contribution < 1.29 is 22.9 Å². The molecule has 162 valence electrons. The predicted molar refractivity (Wildman–Crippen MR) is 115 cm³/mol. The number of anilines is 1. The van der Waals surface area contributed by atoms with E-state index in [1.165, 1.54) is 17.0 Å². The molecule has 0 saturated heterocycles. The zero-order valence-corrected chi connectivity index (χ0v) is 17.4. The SMILES string of the molecule is CCCOc1cccc(C2c3c(oc4ccc(F)cc4c3=O)C(=O)N2c2cc(C)on2)c1. The second kappa shape index (κ2) is 7.64. The third kappa shape index (κ3) is 3.15. The first kappa shape index (κ1) is 20.0. The fourth-order valence-electron chi connectivity index (χ4n) is 3.96. The molecule has 32 heavy (non-hydrogen) atoms. The molecule has 5 rings (SSSR count). The van der Waals surface area contributed by atoms with E-state index in [-0.39, 0.29) is 28.1 Å². The highest BCUT2D eigenvalue weighted by Gasteiger charge is 2.45. The van der Waals surface area contributed by atoms with E-state index < -0.39 is 23.2 Å². The van der Waals surface area contributed by atoms with Gasteiger partial charge in [0.1, 0.15) is 22.9 Å². The third-order valence-electron chi connectivity index (χ3n) is 5.34. The summed E-state index contributed by atoms with van der Waals surface area (Å²) in [6, 6.07) is 11.6. The monoisotopic (exact) mass is 434 g/mol. The molecule has 0 aliphatic carbocycles. The van der Waals surface area contributed by atoms with Crippen LogP contribution in [0.15, 0.2) is 62.3 Å². The summed E-state index contributed by atoms with van der Waals surface area (Å²) in [6.07, 6.45) is 0.834. The predicted octanol–water partition coefficient (Wildman–Crippen LogP) is 4.77. The maximum absolute atomic E-state index is 13.9. The highest BCUT2D eigenvalue weighted by atomic mass is 19.1. The van der Waals surface area contributed by atoms with Gasteiger partial charge in [0.05, 0.1) is 23.6 Å². The van der Waals surface area contributed by atoms with Gasteiger partial charge in [-0.25, -0.2) is 4.39 Å². The number of aryl methyl sites for hydroxylation is 1. The Hall–Kier alpha value is -3.94. The van der Waals surface area contributed by atoms with Crippen LogP contribution in [0.25, 0.3) is 11.0 Å². The third-order valence-corrected chi connectivity index (χ3v) is 5.34. The number of benzene rings is 2. The Balaban J connectivity index is 1.76. The minimum Gasteiger partial charge on any atom is -0.494 e. The molecule has 7 nitrogen and oxygen atoms in total. The summed E-state index contributed by atoms with van der Waals surface area (Å²) in [4.78, 5) is 28.2. The topological polar surface area (TPSA) is 85.8 Å². The van der Waals surface area contributed by atoms with Crippen molar-refractivity contribution in [3.8, 4) is 5.75 Å². The van der Waals surface area contributed by atoms with Crippen molar-refractivity contribution >= 4 is 22.7 Å². The smallest absolute Gasteiger partial charge is 0.296 e. The lowest BCUT2D eigenvalue weighted by Gasteiger charge is -2.22. The summed E-state index contributed by atoms with van der Waals surface area (Å²) in [5.74, 6) is 0.177. The first-order chi connectivity index (χ1) is 15.5. The minimum absolute atomic E-state index is 0.0677. The van der Waals surface area contributed by atoms with Crippen LogP contribution in [0, 0.1) is 12.7 Å². The quantitative estimate of drug-likeness (QED) is 0.450. The maximum atomic E-state index is 13.9. The summed E-state index contributed by atoms with van der Waals surface area (Å²) in [5, 5.41) is 4.06. The lowest BCUT2D eigenvalue weighted by Crippen LogP contribution is -2.29. The molecule has 1 amide bonds. The van der Waals surface area contributed by atoms with Crippen molar-refractivity contribution in [3.63, 3.8) is 0 Å². The Morgan fingerprint density at radius 2 is 2.00 bits per heavy atom. The van der Waals surface area contributed by atoms with Crippen LogP contribution in [-0.4, -0.2) is 17.7 Å². The summed E-state index contributed by atoms with van der Waals surface area (Å²) >= 11 is 0. The number of halogens is 1. The maximum Gasteiger partial charge on any atom is 0.296 e. The van der Waals surface area contributed by atoms with Gasteiger partial charge in [-0.3, -0.25) is 14.5 Å². The van der Waals surface area contributed by atoms with E-state index in [0.29, 0.717) is 23.7 Å². The fourth-order valence-corrected chi connectivity index (χ4v) is 3.96. The summed E-state index contributed by atoms with van der Waals surface area (Å²) in [5.41, 5.74) is 0.429. The van der Waals surface area contributed by atoms with Crippen LogP contribution >= 0.6 is 0 Å². The van der Waals surface area contributed by atoms with Crippen molar-refractivity contribution in [1.29, 1.82) is 0 Å². The number of nitrogens with zero attached hydrogens (tertiary/aromatic N) is 2. The lowest BCUT2D eigenvalue weighted by molar-refractivity contribution is 0.0969. The number of amides is 1. The number of aromatic nitrogens is 1. The molecule has 8 heteroatoms. The van der Waals surface area contributed by atoms with Crippen LogP contribution in [0.5, 0.6) is 5.75 Å². The molecule has 1 aliphatic rings. The molecule has 2 aromatic carbocycles. The Labute approximate surface area is 182 Å². The van der Waals surface area contributed by atoms with Gasteiger partial charge in [0.2, 0.25) is 5.76 Å². The van der Waals surface area contributed by atoms with Crippen molar-refractivity contribution in [3.05, 3.63) is 87.2 Å². The van der Waals surface area contributed by atoms with Gasteiger partial charge in [0, 0.05) is 6.07 Å². The molecule has 0 fully saturated rings. The fraction of sp³-hybridized carbons (Fsp3) is 0.208. The van der Waals surface area contributed by atoms with Crippen LogP contribution in [0.4, 0.5) is 10.2 Å². The molecule has 1 aliphatic heterocycles. The Bertz CT molecular complexity index is 1410. The standard InChI is InChI=1S/C24H19FN2O5/c1-3-9-30-16-6-4-5-14(11-16)21-20-22(28)17-12-15(25)7-8-18(17)31-23(20)24(29)27(21)19-10-13(2)32-26-19/h4-8,10-12,21H,3,9H2,1-2H3. The van der Waals surface area contributed by atoms with Crippen LogP contribution in [0.3, 0.4) is 0 Å². The normalized spacial score (nSPS) is 15.4. The van der Waals surface area contributed by atoms with E-state index in [1.807, 2.05) is 6.92 Å². The van der Waals surface area contributed by atoms with Crippen molar-refractivity contribution in [2.24, 2.45) is 0 Å². The lowest BCUT2D eigenvalue weighted by atomic mass is 9.98. The van der Waals surface area contributed by atoms with E-state index in [1.54, 1.807) is 37.3 Å². The van der Waals surface area contributed by atoms with Crippen LogP contribution < -0.4 is 15.1 Å². The van der Waals surface area contributed by atoms with Gasteiger partial charge < -0.3 is 13.7 Å². The van der Waals surface area contributed by atoms with E-state index in [2.05, 4.69) is 5.16 Å². The summed E-state index contributed by atoms with van der Waals surface area (Å²) in [7, 11) is 0. The summed E-state index contributed by atoms with van der Waals surface area (Å²) < 4.78 is 30.6. The minimum atomic E-state index is -0.837. The first-order valence-corrected chi connectivity index (χ1v) is 10.2. The van der Waals surface area contributed by atoms with E-state index >= 15 is 0 Å². The number of rotatable bonds is 5. The van der Waals surface area contributed by atoms with Gasteiger partial charge in [-0.15, -0.1) is 0 Å². The number of fused-ring (bicyclic) bond motifs is 2. The van der Waals surface area contributed by atoms with Crippen molar-refractivity contribution in [1.82, 2.24) is 5.16 Å². The van der Waals surface area contributed by atoms with Crippen LogP contribution in [0.2, 0.25) is 0 Å². The van der Waals surface area contributed by atoms with Crippen molar-refractivity contribution in [2.75, 3.05) is 11.5 Å². The Morgan fingerprint density at radius 1 is 1.16 bits per heavy atom. The molecular formula is C24H19FN2O5. The Kier molecular flexibility index (Phi) is 4.77. The first-order valence-electron chi connectivity index (χ1n) is 10.2. The highest BCUT2D eigenvalue weighted by molar-refractivity contribution is 6.10. The van der Waals surface area contributed by atoms with Crippen LogP contribution in [0.1, 0.15) is 46.8 Å². The Morgan fingerprint density at radius 3 is 2.75 bits per heavy atom. The zero-order valence-electron chi connectivity index (χ0n) is 17.4. The highest BCUT2D eigenvalue weighted by Crippen LogP contribution is 2.41. The number of hydrogen-bond donors (Lipinski definition) is 0. The molecule has 0 N–H and O–H groups in total.